The topological polar surface area (TPSA) is 107 Å². The average Bonchev–Trinajstić information content (AvgIpc) is 3.10. The van der Waals surface area contributed by atoms with Crippen LogP contribution in [-0.2, 0) is 16.1 Å². The molecule has 0 saturated heterocycles. The summed E-state index contributed by atoms with van der Waals surface area (Å²) < 4.78 is 10.5. The van der Waals surface area contributed by atoms with Gasteiger partial charge >= 0.3 is 5.97 Å². The average molecular weight is 359 g/mol. The lowest BCUT2D eigenvalue weighted by Crippen LogP contribution is -2.39. The zero-order valence-corrected chi connectivity index (χ0v) is 15.3. The second-order valence-corrected chi connectivity index (χ2v) is 6.60. The number of aromatic nitrogens is 1. The highest BCUT2D eigenvalue weighted by Gasteiger charge is 2.22. The predicted molar refractivity (Wildman–Crippen MR) is 96.1 cm³/mol. The molecule has 26 heavy (non-hydrogen) atoms. The summed E-state index contributed by atoms with van der Waals surface area (Å²) in [5.74, 6) is -0.347. The Morgan fingerprint density at radius 3 is 2.58 bits per heavy atom. The Morgan fingerprint density at radius 2 is 1.92 bits per heavy atom. The highest BCUT2D eigenvalue weighted by Crippen LogP contribution is 2.18. The van der Waals surface area contributed by atoms with Crippen LogP contribution >= 0.6 is 0 Å². The van der Waals surface area contributed by atoms with Crippen LogP contribution in [0.1, 0.15) is 55.2 Å². The van der Waals surface area contributed by atoms with E-state index in [2.05, 4.69) is 10.3 Å². The number of esters is 1. The fourth-order valence-electron chi connectivity index (χ4n) is 2.35. The van der Waals surface area contributed by atoms with Crippen molar-refractivity contribution in [2.24, 2.45) is 11.7 Å². The number of benzene rings is 1. The molecule has 7 heteroatoms. The van der Waals surface area contributed by atoms with E-state index in [1.165, 1.54) is 6.26 Å². The second kappa shape index (κ2) is 9.15. The van der Waals surface area contributed by atoms with Gasteiger partial charge in [-0.1, -0.05) is 44.2 Å². The van der Waals surface area contributed by atoms with Gasteiger partial charge in [-0.05, 0) is 24.8 Å². The molecule has 1 heterocycles. The predicted octanol–water partition coefficient (Wildman–Crippen LogP) is 2.58. The number of oxazole rings is 1. The summed E-state index contributed by atoms with van der Waals surface area (Å²) in [6.45, 7) is 5.78. The van der Waals surface area contributed by atoms with Crippen LogP contribution in [0.3, 0.4) is 0 Å². The number of ether oxygens (including phenoxy) is 1. The highest BCUT2D eigenvalue weighted by molar-refractivity contribution is 5.94. The smallest absolute Gasteiger partial charge is 0.328 e. The summed E-state index contributed by atoms with van der Waals surface area (Å²) in [4.78, 5) is 28.3. The van der Waals surface area contributed by atoms with Crippen molar-refractivity contribution in [1.82, 2.24) is 10.3 Å². The van der Waals surface area contributed by atoms with E-state index in [4.69, 9.17) is 14.9 Å². The lowest BCUT2D eigenvalue weighted by atomic mass is 10.0. The molecular weight excluding hydrogens is 334 g/mol. The maximum absolute atomic E-state index is 12.2. The molecule has 0 aliphatic carbocycles. The van der Waals surface area contributed by atoms with Gasteiger partial charge in [0.1, 0.15) is 18.9 Å². The van der Waals surface area contributed by atoms with Gasteiger partial charge in [-0.25, -0.2) is 9.78 Å². The molecule has 0 radical (unpaired) electrons. The fraction of sp³-hybridized carbons (Fsp3) is 0.421. The van der Waals surface area contributed by atoms with Crippen molar-refractivity contribution in [3.8, 4) is 0 Å². The van der Waals surface area contributed by atoms with Gasteiger partial charge in [-0.2, -0.15) is 0 Å². The standard InChI is InChI=1S/C19H25N3O4/c1-12(2)9-15(20)18-22-16(11-25-18)17(23)21-13(3)19(24)26-10-14-7-5-4-6-8-14/h4-8,11-13,15H,9-10,20H2,1-3H3,(H,21,23). The molecule has 140 valence electrons. The third-order valence-corrected chi connectivity index (χ3v) is 3.72. The number of rotatable bonds is 8. The molecule has 0 spiro atoms. The van der Waals surface area contributed by atoms with E-state index in [1.54, 1.807) is 6.92 Å². The molecule has 1 aromatic carbocycles. The van der Waals surface area contributed by atoms with Crippen molar-refractivity contribution >= 4 is 11.9 Å². The van der Waals surface area contributed by atoms with E-state index in [9.17, 15) is 9.59 Å². The van der Waals surface area contributed by atoms with Crippen molar-refractivity contribution in [2.75, 3.05) is 0 Å². The third-order valence-electron chi connectivity index (χ3n) is 3.72. The summed E-state index contributed by atoms with van der Waals surface area (Å²) in [7, 11) is 0. The summed E-state index contributed by atoms with van der Waals surface area (Å²) in [5.41, 5.74) is 6.95. The van der Waals surface area contributed by atoms with Crippen molar-refractivity contribution in [3.05, 3.63) is 53.7 Å². The molecule has 2 unspecified atom stereocenters. The second-order valence-electron chi connectivity index (χ2n) is 6.60. The van der Waals surface area contributed by atoms with Gasteiger partial charge in [0, 0.05) is 0 Å². The van der Waals surface area contributed by atoms with Gasteiger partial charge in [0.15, 0.2) is 5.69 Å². The van der Waals surface area contributed by atoms with Crippen LogP contribution in [0.4, 0.5) is 0 Å². The first kappa shape index (κ1) is 19.7. The maximum Gasteiger partial charge on any atom is 0.328 e. The monoisotopic (exact) mass is 359 g/mol. The lowest BCUT2D eigenvalue weighted by molar-refractivity contribution is -0.146. The number of carbonyl (C=O) groups is 2. The molecule has 7 nitrogen and oxygen atoms in total. The summed E-state index contributed by atoms with van der Waals surface area (Å²) in [6, 6.07) is 8.14. The first-order chi connectivity index (χ1) is 12.4. The Labute approximate surface area is 152 Å². The maximum atomic E-state index is 12.2. The van der Waals surface area contributed by atoms with Gasteiger partial charge in [0.05, 0.1) is 6.04 Å². The Bertz CT molecular complexity index is 727. The first-order valence-electron chi connectivity index (χ1n) is 8.59. The molecule has 0 bridgehead atoms. The number of nitrogens with one attached hydrogen (secondary N) is 1. The largest absolute Gasteiger partial charge is 0.459 e. The first-order valence-corrected chi connectivity index (χ1v) is 8.59. The molecule has 0 aliphatic heterocycles. The fourth-order valence-corrected chi connectivity index (χ4v) is 2.35. The van der Waals surface area contributed by atoms with Gasteiger partial charge in [0.25, 0.3) is 5.91 Å². The normalized spacial score (nSPS) is 13.3. The third kappa shape index (κ3) is 5.70. The van der Waals surface area contributed by atoms with Gasteiger partial charge in [-0.15, -0.1) is 0 Å². The number of hydrogen-bond donors (Lipinski definition) is 2. The quantitative estimate of drug-likeness (QED) is 0.702. The van der Waals surface area contributed by atoms with Crippen molar-refractivity contribution < 1.29 is 18.7 Å². The summed E-state index contributed by atoms with van der Waals surface area (Å²) in [6.07, 6.45) is 1.94. The number of hydrogen-bond acceptors (Lipinski definition) is 6. The molecule has 3 N–H and O–H groups in total. The molecule has 1 aromatic heterocycles. The minimum atomic E-state index is -0.810. The van der Waals surface area contributed by atoms with E-state index < -0.39 is 17.9 Å². The molecule has 0 fully saturated rings. The Morgan fingerprint density at radius 1 is 1.23 bits per heavy atom. The van der Waals surface area contributed by atoms with Gasteiger partial charge < -0.3 is 20.2 Å². The molecule has 0 aliphatic rings. The minimum Gasteiger partial charge on any atom is -0.459 e. The Balaban J connectivity index is 1.86. The van der Waals surface area contributed by atoms with Crippen LogP contribution in [0.25, 0.3) is 0 Å². The Hall–Kier alpha value is -2.67. The van der Waals surface area contributed by atoms with E-state index in [1.807, 2.05) is 44.2 Å². The molecule has 2 atom stereocenters. The SMILES string of the molecule is CC(C)CC(N)c1nc(C(=O)NC(C)C(=O)OCc2ccccc2)co1. The molecule has 1 amide bonds. The van der Waals surface area contributed by atoms with Crippen LogP contribution in [0, 0.1) is 5.92 Å². The lowest BCUT2D eigenvalue weighted by Gasteiger charge is -2.12. The highest BCUT2D eigenvalue weighted by atomic mass is 16.5. The van der Waals surface area contributed by atoms with E-state index in [0.717, 1.165) is 5.56 Å². The van der Waals surface area contributed by atoms with Gasteiger partial charge in [-0.3, -0.25) is 4.79 Å². The Kier molecular flexibility index (Phi) is 6.91. The summed E-state index contributed by atoms with van der Waals surface area (Å²) >= 11 is 0. The number of nitrogens with two attached hydrogens (primary N) is 1. The van der Waals surface area contributed by atoms with Gasteiger partial charge in [0.2, 0.25) is 5.89 Å². The zero-order valence-electron chi connectivity index (χ0n) is 15.3. The van der Waals surface area contributed by atoms with Crippen molar-refractivity contribution in [3.63, 3.8) is 0 Å². The van der Waals surface area contributed by atoms with E-state index >= 15 is 0 Å². The zero-order chi connectivity index (χ0) is 19.1. The number of carbonyl (C=O) groups excluding carboxylic acids is 2. The van der Waals surface area contributed by atoms with Crippen LogP contribution < -0.4 is 11.1 Å². The van der Waals surface area contributed by atoms with Crippen LogP contribution in [0.15, 0.2) is 41.0 Å². The van der Waals surface area contributed by atoms with E-state index in [0.29, 0.717) is 18.2 Å². The van der Waals surface area contributed by atoms with Crippen molar-refractivity contribution in [2.45, 2.75) is 45.9 Å². The molecule has 2 rings (SSSR count). The number of nitrogens with zero attached hydrogens (tertiary/aromatic N) is 1. The molecule has 0 saturated carbocycles. The minimum absolute atomic E-state index is 0.0851. The van der Waals surface area contributed by atoms with Crippen LogP contribution in [-0.4, -0.2) is 22.9 Å². The van der Waals surface area contributed by atoms with E-state index in [-0.39, 0.29) is 18.3 Å². The molecule has 2 aromatic rings. The molecular formula is C19H25N3O4. The van der Waals surface area contributed by atoms with Crippen LogP contribution in [0.5, 0.6) is 0 Å². The van der Waals surface area contributed by atoms with Crippen molar-refractivity contribution in [1.29, 1.82) is 0 Å². The number of amides is 1. The van der Waals surface area contributed by atoms with Crippen LogP contribution in [0.2, 0.25) is 0 Å². The summed E-state index contributed by atoms with van der Waals surface area (Å²) in [5, 5.41) is 2.55.